The van der Waals surface area contributed by atoms with Crippen LogP contribution in [0.15, 0.2) is 18.2 Å². The zero-order chi connectivity index (χ0) is 15.6. The average molecular weight is 308 g/mol. The summed E-state index contributed by atoms with van der Waals surface area (Å²) in [5.74, 6) is 0.120. The molecule has 4 nitrogen and oxygen atoms in total. The molecule has 116 valence electrons. The Labute approximate surface area is 129 Å². The third-order valence-electron chi connectivity index (χ3n) is 4.14. The molecule has 1 aliphatic rings. The van der Waals surface area contributed by atoms with Crippen LogP contribution >= 0.6 is 0 Å². The van der Waals surface area contributed by atoms with Gasteiger partial charge in [-0.1, -0.05) is 30.7 Å². The van der Waals surface area contributed by atoms with E-state index in [1.165, 1.54) is 11.1 Å². The lowest BCUT2D eigenvalue weighted by molar-refractivity contribution is -0.128. The van der Waals surface area contributed by atoms with E-state index in [0.29, 0.717) is 13.1 Å². The first-order chi connectivity index (χ1) is 9.90. The van der Waals surface area contributed by atoms with Crippen molar-refractivity contribution in [2.75, 3.05) is 19.3 Å². The van der Waals surface area contributed by atoms with Crippen LogP contribution in [0.2, 0.25) is 0 Å². The van der Waals surface area contributed by atoms with Crippen molar-refractivity contribution in [2.24, 2.45) is 0 Å². The Kier molecular flexibility index (Phi) is 5.17. The van der Waals surface area contributed by atoms with E-state index >= 15 is 0 Å². The molecule has 1 N–H and O–H groups in total. The Morgan fingerprint density at radius 2 is 2.14 bits per heavy atom. The summed E-state index contributed by atoms with van der Waals surface area (Å²) in [7, 11) is -0.843. The summed E-state index contributed by atoms with van der Waals surface area (Å²) in [6.07, 6.45) is 2.42. The fraction of sp³-hybridized carbons (Fsp3) is 0.562. The lowest BCUT2D eigenvalue weighted by Crippen LogP contribution is -2.33. The molecule has 1 saturated heterocycles. The van der Waals surface area contributed by atoms with Crippen molar-refractivity contribution in [2.45, 2.75) is 38.6 Å². The van der Waals surface area contributed by atoms with Gasteiger partial charge in [-0.15, -0.1) is 0 Å². The fourth-order valence-corrected chi connectivity index (χ4v) is 3.13. The molecule has 0 saturated carbocycles. The second-order valence-corrected chi connectivity index (χ2v) is 7.63. The van der Waals surface area contributed by atoms with Gasteiger partial charge in [0.05, 0.1) is 6.54 Å². The molecule has 0 radical (unpaired) electrons. The molecule has 1 aromatic rings. The number of carbonyl (C=O) groups excluding carboxylic acids is 1. The van der Waals surface area contributed by atoms with E-state index in [1.807, 2.05) is 11.8 Å². The van der Waals surface area contributed by atoms with Crippen LogP contribution in [0.25, 0.3) is 0 Å². The Hall–Kier alpha value is -1.20. The van der Waals surface area contributed by atoms with Gasteiger partial charge in [0.1, 0.15) is 6.17 Å². The molecular formula is C16H24N2O2S. The molecule has 21 heavy (non-hydrogen) atoms. The van der Waals surface area contributed by atoms with E-state index in [9.17, 15) is 9.00 Å². The number of aryl methyl sites for hydroxylation is 2. The van der Waals surface area contributed by atoms with Crippen LogP contribution in [-0.4, -0.2) is 39.6 Å². The van der Waals surface area contributed by atoms with Crippen LogP contribution in [-0.2, 0) is 15.6 Å². The number of hydrogen-bond donors (Lipinski definition) is 1. The van der Waals surface area contributed by atoms with Crippen LogP contribution in [0.5, 0.6) is 0 Å². The maximum atomic E-state index is 12.1. The Bertz CT molecular complexity index is 559. The minimum Gasteiger partial charge on any atom is -0.322 e. The van der Waals surface area contributed by atoms with E-state index in [1.54, 1.807) is 6.26 Å². The van der Waals surface area contributed by atoms with Crippen molar-refractivity contribution in [3.8, 4) is 0 Å². The molecule has 1 fully saturated rings. The summed E-state index contributed by atoms with van der Waals surface area (Å²) in [6, 6.07) is 6.31. The molecule has 1 aromatic carbocycles. The van der Waals surface area contributed by atoms with Crippen LogP contribution in [0.1, 0.15) is 36.2 Å². The van der Waals surface area contributed by atoms with E-state index in [-0.39, 0.29) is 17.3 Å². The lowest BCUT2D eigenvalue weighted by Gasteiger charge is -2.27. The molecule has 5 heteroatoms. The van der Waals surface area contributed by atoms with Crippen LogP contribution in [0.3, 0.4) is 0 Å². The summed E-state index contributed by atoms with van der Waals surface area (Å²) in [5.41, 5.74) is 3.57. The monoisotopic (exact) mass is 308 g/mol. The molecule has 0 aliphatic carbocycles. The number of nitrogens with zero attached hydrogens (tertiary/aromatic N) is 1. The molecule has 2 rings (SSSR count). The number of nitrogens with one attached hydrogen (secondary N) is 1. The molecule has 0 spiro atoms. The van der Waals surface area contributed by atoms with Crippen LogP contribution in [0, 0.1) is 13.8 Å². The van der Waals surface area contributed by atoms with Crippen molar-refractivity contribution >= 4 is 16.7 Å². The lowest BCUT2D eigenvalue weighted by atomic mass is 10.0. The summed E-state index contributed by atoms with van der Waals surface area (Å²) < 4.78 is 11.5. The Morgan fingerprint density at radius 3 is 2.76 bits per heavy atom. The number of carbonyl (C=O) groups is 1. The van der Waals surface area contributed by atoms with Gasteiger partial charge < -0.3 is 4.90 Å². The second-order valence-electron chi connectivity index (χ2n) is 5.83. The first kappa shape index (κ1) is 16.2. The summed E-state index contributed by atoms with van der Waals surface area (Å²) in [4.78, 5) is 14.0. The van der Waals surface area contributed by atoms with Gasteiger partial charge in [-0.2, -0.15) is 0 Å². The van der Waals surface area contributed by atoms with E-state index in [4.69, 9.17) is 0 Å². The first-order valence-electron chi connectivity index (χ1n) is 7.32. The second kappa shape index (κ2) is 6.71. The topological polar surface area (TPSA) is 49.4 Å². The summed E-state index contributed by atoms with van der Waals surface area (Å²) in [6.45, 7) is 7.14. The smallest absolute Gasteiger partial charge is 0.238 e. The molecule has 1 amide bonds. The van der Waals surface area contributed by atoms with Crippen molar-refractivity contribution in [1.29, 1.82) is 0 Å². The zero-order valence-electron chi connectivity index (χ0n) is 13.2. The van der Waals surface area contributed by atoms with Gasteiger partial charge >= 0.3 is 0 Å². The van der Waals surface area contributed by atoms with Gasteiger partial charge in [0, 0.05) is 28.9 Å². The summed E-state index contributed by atoms with van der Waals surface area (Å²) in [5, 5.41) is 3.40. The minimum absolute atomic E-state index is 0.0596. The van der Waals surface area contributed by atoms with Crippen molar-refractivity contribution < 1.29 is 9.00 Å². The highest BCUT2D eigenvalue weighted by Crippen LogP contribution is 2.26. The number of amides is 1. The third-order valence-corrected chi connectivity index (χ3v) is 5.51. The van der Waals surface area contributed by atoms with Gasteiger partial charge in [0.15, 0.2) is 0 Å². The maximum absolute atomic E-state index is 12.1. The molecule has 1 heterocycles. The maximum Gasteiger partial charge on any atom is 0.238 e. The normalized spacial score (nSPS) is 21.6. The predicted molar refractivity (Wildman–Crippen MR) is 86.5 cm³/mol. The Morgan fingerprint density at radius 1 is 1.43 bits per heavy atom. The van der Waals surface area contributed by atoms with E-state index in [0.717, 1.165) is 12.0 Å². The average Bonchev–Trinajstić information content (AvgIpc) is 2.77. The van der Waals surface area contributed by atoms with Gasteiger partial charge in [0.2, 0.25) is 5.91 Å². The van der Waals surface area contributed by atoms with Crippen molar-refractivity contribution in [3.63, 3.8) is 0 Å². The van der Waals surface area contributed by atoms with Gasteiger partial charge in [-0.3, -0.25) is 14.3 Å². The molecule has 3 unspecified atom stereocenters. The molecule has 0 bridgehead atoms. The van der Waals surface area contributed by atoms with Gasteiger partial charge in [0.25, 0.3) is 0 Å². The number of rotatable bonds is 5. The zero-order valence-corrected chi connectivity index (χ0v) is 14.0. The molecule has 1 aliphatic heterocycles. The largest absolute Gasteiger partial charge is 0.322 e. The highest BCUT2D eigenvalue weighted by molar-refractivity contribution is 7.84. The minimum atomic E-state index is -0.843. The highest BCUT2D eigenvalue weighted by Gasteiger charge is 2.32. The van der Waals surface area contributed by atoms with Gasteiger partial charge in [-0.05, 0) is 31.4 Å². The van der Waals surface area contributed by atoms with Crippen LogP contribution < -0.4 is 5.32 Å². The van der Waals surface area contributed by atoms with Crippen molar-refractivity contribution in [3.05, 3.63) is 34.9 Å². The third kappa shape index (κ3) is 3.71. The predicted octanol–water partition coefficient (Wildman–Crippen LogP) is 1.89. The first-order valence-corrected chi connectivity index (χ1v) is 8.94. The molecular weight excluding hydrogens is 284 g/mol. The fourth-order valence-electron chi connectivity index (χ4n) is 2.69. The Balaban J connectivity index is 2.14. The van der Waals surface area contributed by atoms with Gasteiger partial charge in [-0.25, -0.2) is 0 Å². The molecule has 3 atom stereocenters. The van der Waals surface area contributed by atoms with E-state index < -0.39 is 10.8 Å². The SMILES string of the molecule is Cc1ccc(C2NCC(=O)N2CCC(C)S(C)=O)c(C)c1. The van der Waals surface area contributed by atoms with Crippen molar-refractivity contribution in [1.82, 2.24) is 10.2 Å². The number of hydrogen-bond acceptors (Lipinski definition) is 3. The van der Waals surface area contributed by atoms with E-state index in [2.05, 4.69) is 37.4 Å². The van der Waals surface area contributed by atoms with Crippen LogP contribution in [0.4, 0.5) is 0 Å². The number of benzene rings is 1. The quantitative estimate of drug-likeness (QED) is 0.904. The summed E-state index contributed by atoms with van der Waals surface area (Å²) >= 11 is 0. The molecule has 0 aromatic heterocycles. The highest BCUT2D eigenvalue weighted by atomic mass is 32.2. The standard InChI is InChI=1S/C16H24N2O2S/c1-11-5-6-14(12(2)9-11)16-17-10-15(19)18(16)8-7-13(3)21(4)20/h5-6,9,13,16-17H,7-8,10H2,1-4H3.